The van der Waals surface area contributed by atoms with Gasteiger partial charge in [-0.25, -0.2) is 0 Å². The zero-order chi connectivity index (χ0) is 12.4. The lowest BCUT2D eigenvalue weighted by Gasteiger charge is -2.08. The Morgan fingerprint density at radius 1 is 1.39 bits per heavy atom. The van der Waals surface area contributed by atoms with Crippen LogP contribution in [0.3, 0.4) is 0 Å². The van der Waals surface area contributed by atoms with E-state index in [0.29, 0.717) is 12.4 Å². The Balaban J connectivity index is 1.81. The van der Waals surface area contributed by atoms with E-state index < -0.39 is 0 Å². The summed E-state index contributed by atoms with van der Waals surface area (Å²) in [5.74, 6) is 1.40. The lowest BCUT2D eigenvalue weighted by molar-refractivity contribution is 0.420. The Labute approximate surface area is 110 Å². The lowest BCUT2D eigenvalue weighted by atomic mass is 9.99. The normalized spacial score (nSPS) is 14.7. The van der Waals surface area contributed by atoms with E-state index >= 15 is 0 Å². The van der Waals surface area contributed by atoms with Crippen molar-refractivity contribution in [3.05, 3.63) is 22.3 Å². The van der Waals surface area contributed by atoms with E-state index in [0.717, 1.165) is 17.2 Å². The molecule has 18 heavy (non-hydrogen) atoms. The molecule has 5 heteroatoms. The summed E-state index contributed by atoms with van der Waals surface area (Å²) in [6, 6.07) is 2.23. The molecule has 0 unspecified atom stereocenters. The predicted molar refractivity (Wildman–Crippen MR) is 71.6 cm³/mol. The largest absolute Gasteiger partial charge is 0.333 e. The molecule has 0 radical (unpaired) electrons. The molecule has 0 aliphatic heterocycles. The average molecular weight is 263 g/mol. The maximum Gasteiger partial charge on any atom is 0.268 e. The first-order chi connectivity index (χ1) is 8.86. The molecule has 1 aliphatic carbocycles. The second-order valence-corrected chi connectivity index (χ2v) is 5.70. The fraction of sp³-hybridized carbons (Fsp3) is 0.538. The summed E-state index contributed by atoms with van der Waals surface area (Å²) in [6.45, 7) is 3.65. The van der Waals surface area contributed by atoms with Crippen molar-refractivity contribution in [2.75, 3.05) is 6.54 Å². The fourth-order valence-corrected chi connectivity index (χ4v) is 3.43. The third kappa shape index (κ3) is 2.33. The third-order valence-electron chi connectivity index (χ3n) is 3.21. The molecule has 2 heterocycles. The van der Waals surface area contributed by atoms with Gasteiger partial charge in [-0.15, -0.1) is 11.3 Å². The second-order valence-electron chi connectivity index (χ2n) is 4.56. The zero-order valence-electron chi connectivity index (χ0n) is 10.5. The third-order valence-corrected chi connectivity index (χ3v) is 4.43. The molecular formula is C13H17N3OS. The van der Waals surface area contributed by atoms with Crippen LogP contribution in [0.25, 0.3) is 10.8 Å². The number of hydrogen-bond donors (Lipinski definition) is 1. The molecule has 0 atom stereocenters. The van der Waals surface area contributed by atoms with Crippen molar-refractivity contribution < 1.29 is 4.52 Å². The molecule has 3 rings (SSSR count). The summed E-state index contributed by atoms with van der Waals surface area (Å²) in [6.07, 6.45) is 5.02. The molecule has 0 spiro atoms. The summed E-state index contributed by atoms with van der Waals surface area (Å²) in [7, 11) is 0. The number of nitrogens with zero attached hydrogens (tertiary/aromatic N) is 2. The maximum absolute atomic E-state index is 5.33. The van der Waals surface area contributed by atoms with Crippen LogP contribution in [0, 0.1) is 0 Å². The van der Waals surface area contributed by atoms with Crippen LogP contribution in [-0.4, -0.2) is 16.7 Å². The van der Waals surface area contributed by atoms with Gasteiger partial charge >= 0.3 is 0 Å². The number of hydrogen-bond acceptors (Lipinski definition) is 5. The average Bonchev–Trinajstić information content (AvgIpc) is 3.02. The fourth-order valence-electron chi connectivity index (χ4n) is 2.26. The Morgan fingerprint density at radius 3 is 3.11 bits per heavy atom. The van der Waals surface area contributed by atoms with E-state index in [1.165, 1.54) is 36.1 Å². The Bertz CT molecular complexity index is 509. The molecule has 2 aromatic heterocycles. The highest BCUT2D eigenvalue weighted by atomic mass is 32.1. The summed E-state index contributed by atoms with van der Waals surface area (Å²) in [5.41, 5.74) is 1.48. The minimum absolute atomic E-state index is 0.669. The maximum atomic E-state index is 5.33. The van der Waals surface area contributed by atoms with Gasteiger partial charge in [0.25, 0.3) is 5.89 Å². The van der Waals surface area contributed by atoms with Gasteiger partial charge in [0.05, 0.1) is 11.4 Å². The SMILES string of the molecule is CCNCc1noc(-c2cc3c(s2)CCCC3)n1. The van der Waals surface area contributed by atoms with Crippen LogP contribution in [0.15, 0.2) is 10.6 Å². The minimum Gasteiger partial charge on any atom is -0.333 e. The highest BCUT2D eigenvalue weighted by Gasteiger charge is 2.17. The molecule has 0 fully saturated rings. The molecule has 0 aromatic carbocycles. The van der Waals surface area contributed by atoms with Crippen molar-refractivity contribution in [3.8, 4) is 10.8 Å². The minimum atomic E-state index is 0.669. The first kappa shape index (κ1) is 11.9. The van der Waals surface area contributed by atoms with Gasteiger partial charge in [-0.05, 0) is 43.9 Å². The van der Waals surface area contributed by atoms with Crippen molar-refractivity contribution in [2.45, 2.75) is 39.2 Å². The highest BCUT2D eigenvalue weighted by Crippen LogP contribution is 2.34. The number of aromatic nitrogens is 2. The Kier molecular flexibility index (Phi) is 3.43. The van der Waals surface area contributed by atoms with Crippen LogP contribution >= 0.6 is 11.3 Å². The van der Waals surface area contributed by atoms with Crippen LogP contribution in [0.4, 0.5) is 0 Å². The second kappa shape index (κ2) is 5.20. The molecule has 4 nitrogen and oxygen atoms in total. The molecule has 0 saturated carbocycles. The van der Waals surface area contributed by atoms with Crippen molar-refractivity contribution in [3.63, 3.8) is 0 Å². The molecule has 2 aromatic rings. The van der Waals surface area contributed by atoms with Crippen LogP contribution in [0.2, 0.25) is 0 Å². The van der Waals surface area contributed by atoms with Gasteiger partial charge in [-0.3, -0.25) is 0 Å². The van der Waals surface area contributed by atoms with Crippen molar-refractivity contribution >= 4 is 11.3 Å². The van der Waals surface area contributed by atoms with Crippen molar-refractivity contribution in [2.24, 2.45) is 0 Å². The van der Waals surface area contributed by atoms with Gasteiger partial charge in [-0.2, -0.15) is 4.98 Å². The van der Waals surface area contributed by atoms with Crippen molar-refractivity contribution in [1.82, 2.24) is 15.5 Å². The van der Waals surface area contributed by atoms with E-state index in [2.05, 4.69) is 28.4 Å². The van der Waals surface area contributed by atoms with Gasteiger partial charge < -0.3 is 9.84 Å². The van der Waals surface area contributed by atoms with Gasteiger partial charge in [0.1, 0.15) is 0 Å². The van der Waals surface area contributed by atoms with Crippen LogP contribution < -0.4 is 5.32 Å². The van der Waals surface area contributed by atoms with Gasteiger partial charge in [0, 0.05) is 4.88 Å². The van der Waals surface area contributed by atoms with E-state index in [1.54, 1.807) is 0 Å². The zero-order valence-corrected chi connectivity index (χ0v) is 11.3. The Hall–Kier alpha value is -1.20. The number of rotatable bonds is 4. The summed E-state index contributed by atoms with van der Waals surface area (Å²) < 4.78 is 5.33. The van der Waals surface area contributed by atoms with Crippen LogP contribution in [-0.2, 0) is 19.4 Å². The highest BCUT2D eigenvalue weighted by molar-refractivity contribution is 7.15. The van der Waals surface area contributed by atoms with Gasteiger partial charge in [-0.1, -0.05) is 12.1 Å². The quantitative estimate of drug-likeness (QED) is 0.921. The molecular weight excluding hydrogens is 246 g/mol. The van der Waals surface area contributed by atoms with Gasteiger partial charge in [0.2, 0.25) is 0 Å². The number of thiophene rings is 1. The summed E-state index contributed by atoms with van der Waals surface area (Å²) in [4.78, 5) is 7.06. The smallest absolute Gasteiger partial charge is 0.268 e. The van der Waals surface area contributed by atoms with Crippen LogP contribution in [0.1, 0.15) is 36.0 Å². The van der Waals surface area contributed by atoms with Crippen LogP contribution in [0.5, 0.6) is 0 Å². The first-order valence-corrected chi connectivity index (χ1v) is 7.33. The first-order valence-electron chi connectivity index (χ1n) is 6.52. The lowest BCUT2D eigenvalue weighted by Crippen LogP contribution is -2.12. The summed E-state index contributed by atoms with van der Waals surface area (Å²) >= 11 is 1.81. The molecule has 0 amide bonds. The Morgan fingerprint density at radius 2 is 2.28 bits per heavy atom. The number of nitrogens with one attached hydrogen (secondary N) is 1. The molecule has 0 bridgehead atoms. The van der Waals surface area contributed by atoms with Crippen molar-refractivity contribution in [1.29, 1.82) is 0 Å². The van der Waals surface area contributed by atoms with Gasteiger partial charge in [0.15, 0.2) is 5.82 Å². The molecule has 0 saturated heterocycles. The number of fused-ring (bicyclic) bond motifs is 1. The van der Waals surface area contributed by atoms with E-state index in [9.17, 15) is 0 Å². The number of aryl methyl sites for hydroxylation is 2. The molecule has 1 N–H and O–H groups in total. The molecule has 1 aliphatic rings. The monoisotopic (exact) mass is 263 g/mol. The van der Waals surface area contributed by atoms with E-state index in [4.69, 9.17) is 4.52 Å². The van der Waals surface area contributed by atoms with E-state index in [-0.39, 0.29) is 0 Å². The van der Waals surface area contributed by atoms with E-state index in [1.807, 2.05) is 11.3 Å². The molecule has 96 valence electrons. The standard InChI is InChI=1S/C13H17N3OS/c1-2-14-8-12-15-13(17-16-12)11-7-9-5-3-4-6-10(9)18-11/h7,14H,2-6,8H2,1H3. The topological polar surface area (TPSA) is 51.0 Å². The summed E-state index contributed by atoms with van der Waals surface area (Å²) in [5, 5.41) is 7.19. The predicted octanol–water partition coefficient (Wildman–Crippen LogP) is 2.79.